The zero-order valence-corrected chi connectivity index (χ0v) is 15.5. The van der Waals surface area contributed by atoms with Gasteiger partial charge in [0.2, 0.25) is 5.88 Å². The van der Waals surface area contributed by atoms with Gasteiger partial charge in [0, 0.05) is 18.0 Å². The molecular weight excluding hydrogens is 357 g/mol. The maximum Gasteiger partial charge on any atom is 0.275 e. The number of amides is 1. The molecule has 26 heavy (non-hydrogen) atoms. The molecule has 0 spiro atoms. The predicted molar refractivity (Wildman–Crippen MR) is 101 cm³/mol. The minimum Gasteiger partial charge on any atom is -0.480 e. The van der Waals surface area contributed by atoms with Crippen molar-refractivity contribution >= 4 is 28.5 Å². The number of methoxy groups -OCH3 is 1. The third kappa shape index (κ3) is 5.16. The molecule has 9 heteroatoms. The molecule has 0 bridgehead atoms. The molecule has 2 aromatic rings. The van der Waals surface area contributed by atoms with Crippen LogP contribution in [-0.2, 0) is 0 Å². The van der Waals surface area contributed by atoms with Gasteiger partial charge in [-0.2, -0.15) is 0 Å². The van der Waals surface area contributed by atoms with E-state index in [0.717, 1.165) is 11.8 Å². The van der Waals surface area contributed by atoms with Gasteiger partial charge in [0.1, 0.15) is 11.9 Å². The average molecular weight is 377 g/mol. The van der Waals surface area contributed by atoms with Crippen LogP contribution in [0, 0.1) is 0 Å². The Labute approximate surface area is 155 Å². The van der Waals surface area contributed by atoms with E-state index in [0.29, 0.717) is 22.3 Å². The summed E-state index contributed by atoms with van der Waals surface area (Å²) in [6.07, 6.45) is 1.39. The van der Waals surface area contributed by atoms with E-state index in [4.69, 9.17) is 10.5 Å². The van der Waals surface area contributed by atoms with E-state index in [1.807, 2.05) is 0 Å². The molecule has 1 heterocycles. The lowest BCUT2D eigenvalue weighted by Gasteiger charge is -2.17. The molecule has 0 unspecified atom stereocenters. The lowest BCUT2D eigenvalue weighted by molar-refractivity contribution is 0.102. The van der Waals surface area contributed by atoms with Gasteiger partial charge in [-0.05, 0) is 24.6 Å². The summed E-state index contributed by atoms with van der Waals surface area (Å²) >= 11 is 1.16. The fourth-order valence-electron chi connectivity index (χ4n) is 2.10. The number of aromatic nitrogens is 2. The van der Waals surface area contributed by atoms with Gasteiger partial charge in [-0.3, -0.25) is 9.79 Å². The van der Waals surface area contributed by atoms with Crippen molar-refractivity contribution in [1.82, 2.24) is 9.97 Å². The highest BCUT2D eigenvalue weighted by Gasteiger charge is 2.21. The molecule has 1 amide bonds. The molecular formula is C17H20FN5O2S. The molecule has 0 saturated carbocycles. The van der Waals surface area contributed by atoms with Crippen molar-refractivity contribution in [2.45, 2.75) is 18.3 Å². The van der Waals surface area contributed by atoms with Gasteiger partial charge in [0.05, 0.1) is 19.5 Å². The lowest BCUT2D eigenvalue weighted by atomic mass is 10.1. The van der Waals surface area contributed by atoms with Gasteiger partial charge < -0.3 is 15.8 Å². The Morgan fingerprint density at radius 1 is 1.38 bits per heavy atom. The van der Waals surface area contributed by atoms with Gasteiger partial charge in [-0.25, -0.2) is 14.4 Å². The summed E-state index contributed by atoms with van der Waals surface area (Å²) in [6.45, 7) is 1.73. The van der Waals surface area contributed by atoms with Crippen molar-refractivity contribution < 1.29 is 13.9 Å². The molecule has 2 rings (SSSR count). The average Bonchev–Trinajstić information content (AvgIpc) is 2.67. The number of nitrogens with zero attached hydrogens (tertiary/aromatic N) is 3. The van der Waals surface area contributed by atoms with Crippen LogP contribution in [0.2, 0.25) is 0 Å². The molecule has 0 fully saturated rings. The topological polar surface area (TPSA) is 102 Å². The molecule has 0 aliphatic carbocycles. The summed E-state index contributed by atoms with van der Waals surface area (Å²) in [5.41, 5.74) is 6.66. The van der Waals surface area contributed by atoms with E-state index in [-0.39, 0.29) is 5.69 Å². The monoisotopic (exact) mass is 377 g/mol. The van der Waals surface area contributed by atoms with Crippen LogP contribution in [-0.4, -0.2) is 40.5 Å². The Kier molecular flexibility index (Phi) is 6.90. The SMILES string of the molecule is C/N=C(/N)S[C@H](C)[C@H](F)c1cccc(NC(=O)c2cnc(OC)cn2)c1. The van der Waals surface area contributed by atoms with Crippen LogP contribution in [0.15, 0.2) is 41.7 Å². The molecule has 0 aliphatic heterocycles. The van der Waals surface area contributed by atoms with Crippen LogP contribution >= 0.6 is 11.8 Å². The van der Waals surface area contributed by atoms with Crippen LogP contribution in [0.3, 0.4) is 0 Å². The Bertz CT molecular complexity index is 785. The van der Waals surface area contributed by atoms with E-state index in [2.05, 4.69) is 20.3 Å². The molecule has 0 radical (unpaired) electrons. The molecule has 0 saturated heterocycles. The van der Waals surface area contributed by atoms with E-state index in [1.54, 1.807) is 38.2 Å². The van der Waals surface area contributed by atoms with Gasteiger partial charge in [-0.1, -0.05) is 23.9 Å². The summed E-state index contributed by atoms with van der Waals surface area (Å²) in [4.78, 5) is 24.0. The number of amidine groups is 1. The zero-order valence-electron chi connectivity index (χ0n) is 14.6. The highest BCUT2D eigenvalue weighted by molar-refractivity contribution is 8.14. The van der Waals surface area contributed by atoms with Gasteiger partial charge >= 0.3 is 0 Å². The Morgan fingerprint density at radius 3 is 2.77 bits per heavy atom. The molecule has 1 aromatic heterocycles. The summed E-state index contributed by atoms with van der Waals surface area (Å²) < 4.78 is 19.6. The second kappa shape index (κ2) is 9.14. The lowest BCUT2D eigenvalue weighted by Crippen LogP contribution is -2.16. The van der Waals surface area contributed by atoms with E-state index in [9.17, 15) is 9.18 Å². The maximum absolute atomic E-state index is 14.7. The number of hydrogen-bond donors (Lipinski definition) is 2. The first-order valence-electron chi connectivity index (χ1n) is 7.75. The summed E-state index contributed by atoms with van der Waals surface area (Å²) in [5.74, 6) is -0.136. The Hall–Kier alpha value is -2.68. The highest BCUT2D eigenvalue weighted by atomic mass is 32.2. The van der Waals surface area contributed by atoms with E-state index >= 15 is 0 Å². The van der Waals surface area contributed by atoms with Gasteiger partial charge in [0.25, 0.3) is 5.91 Å². The van der Waals surface area contributed by atoms with Crippen LogP contribution in [0.4, 0.5) is 10.1 Å². The first-order valence-corrected chi connectivity index (χ1v) is 8.63. The minimum absolute atomic E-state index is 0.129. The van der Waals surface area contributed by atoms with Crippen LogP contribution in [0.25, 0.3) is 0 Å². The molecule has 2 atom stereocenters. The van der Waals surface area contributed by atoms with E-state index in [1.165, 1.54) is 19.5 Å². The number of ether oxygens (including phenoxy) is 1. The molecule has 7 nitrogen and oxygen atoms in total. The minimum atomic E-state index is -1.27. The van der Waals surface area contributed by atoms with Gasteiger partial charge in [0.15, 0.2) is 5.17 Å². The van der Waals surface area contributed by atoms with Crippen LogP contribution in [0.5, 0.6) is 5.88 Å². The Morgan fingerprint density at radius 2 is 2.15 bits per heavy atom. The number of nitrogens with two attached hydrogens (primary N) is 1. The molecule has 1 aromatic carbocycles. The summed E-state index contributed by atoms with van der Waals surface area (Å²) in [5, 5.41) is 2.58. The standard InChI is InChI=1S/C17H20FN5O2S/c1-10(26-17(19)20-2)15(18)11-5-4-6-12(7-11)23-16(24)13-8-22-14(25-3)9-21-13/h4-10,15H,1-3H3,(H2,19,20)(H,23,24)/t10-,15+/m1/s1. The fourth-order valence-corrected chi connectivity index (χ4v) is 2.86. The third-order valence-electron chi connectivity index (χ3n) is 3.47. The second-order valence-corrected chi connectivity index (χ2v) is 6.71. The number of hydrogen-bond acceptors (Lipinski definition) is 6. The number of rotatable bonds is 6. The first kappa shape index (κ1) is 19.6. The number of carbonyl (C=O) groups excluding carboxylic acids is 1. The molecule has 138 valence electrons. The third-order valence-corrected chi connectivity index (χ3v) is 4.51. The van der Waals surface area contributed by atoms with Crippen molar-refractivity contribution in [3.05, 3.63) is 47.9 Å². The maximum atomic E-state index is 14.7. The number of thioether (sulfide) groups is 1. The van der Waals surface area contributed by atoms with E-state index < -0.39 is 17.3 Å². The quantitative estimate of drug-likeness (QED) is 0.593. The molecule has 3 N–H and O–H groups in total. The Balaban J connectivity index is 2.09. The van der Waals surface area contributed by atoms with Crippen LogP contribution < -0.4 is 15.8 Å². The number of alkyl halides is 1. The number of aliphatic imine (C=N–C) groups is 1. The predicted octanol–water partition coefficient (Wildman–Crippen LogP) is 2.81. The fraction of sp³-hybridized carbons (Fsp3) is 0.294. The van der Waals surface area contributed by atoms with Crippen molar-refractivity contribution in [1.29, 1.82) is 0 Å². The van der Waals surface area contributed by atoms with Crippen molar-refractivity contribution in [3.8, 4) is 5.88 Å². The van der Waals surface area contributed by atoms with Crippen molar-refractivity contribution in [2.75, 3.05) is 19.5 Å². The van der Waals surface area contributed by atoms with Gasteiger partial charge in [-0.15, -0.1) is 0 Å². The molecule has 0 aliphatic rings. The number of halogens is 1. The summed E-state index contributed by atoms with van der Waals surface area (Å²) in [6, 6.07) is 6.58. The van der Waals surface area contributed by atoms with Crippen molar-refractivity contribution in [3.63, 3.8) is 0 Å². The highest BCUT2D eigenvalue weighted by Crippen LogP contribution is 2.31. The first-order chi connectivity index (χ1) is 12.4. The number of nitrogens with one attached hydrogen (secondary N) is 1. The number of benzene rings is 1. The van der Waals surface area contributed by atoms with Crippen LogP contribution in [0.1, 0.15) is 29.1 Å². The zero-order chi connectivity index (χ0) is 19.1. The number of anilines is 1. The smallest absolute Gasteiger partial charge is 0.275 e. The van der Waals surface area contributed by atoms with Crippen molar-refractivity contribution in [2.24, 2.45) is 10.7 Å². The number of carbonyl (C=O) groups is 1. The largest absolute Gasteiger partial charge is 0.480 e. The normalized spacial score (nSPS) is 13.8. The second-order valence-electron chi connectivity index (χ2n) is 5.31. The summed E-state index contributed by atoms with van der Waals surface area (Å²) in [7, 11) is 3.02.